The van der Waals surface area contributed by atoms with Gasteiger partial charge in [0.05, 0.1) is 13.2 Å². The van der Waals surface area contributed by atoms with Crippen LogP contribution in [0.15, 0.2) is 48.5 Å². The Balaban J connectivity index is 2.01. The molecule has 0 aliphatic carbocycles. The number of nitrogens with one attached hydrogen (secondary N) is 1. The standard InChI is InChI=1S/C23H30N2O3/c1-5-7-16-28-21-14-8-18(17-22(21)27-6-2)9-15-23(26)24-19-10-12-20(13-11-19)25(3)4/h8-15,17H,5-7,16H2,1-4H3,(H,24,26)/b15-9+. The lowest BCUT2D eigenvalue weighted by Gasteiger charge is -2.13. The van der Waals surface area contributed by atoms with Crippen LogP contribution in [0.2, 0.25) is 0 Å². The molecule has 0 radical (unpaired) electrons. The van der Waals surface area contributed by atoms with Gasteiger partial charge in [-0.2, -0.15) is 0 Å². The number of carbonyl (C=O) groups excluding carboxylic acids is 1. The summed E-state index contributed by atoms with van der Waals surface area (Å²) in [5.41, 5.74) is 2.72. The molecule has 5 nitrogen and oxygen atoms in total. The number of nitrogens with zero attached hydrogens (tertiary/aromatic N) is 1. The quantitative estimate of drug-likeness (QED) is 0.465. The second-order valence-electron chi connectivity index (χ2n) is 6.61. The Kier molecular flexibility index (Phi) is 8.40. The molecule has 0 aromatic heterocycles. The van der Waals surface area contributed by atoms with Crippen molar-refractivity contribution >= 4 is 23.4 Å². The minimum Gasteiger partial charge on any atom is -0.490 e. The van der Waals surface area contributed by atoms with Crippen molar-refractivity contribution in [3.05, 3.63) is 54.1 Å². The third-order valence-electron chi connectivity index (χ3n) is 4.10. The van der Waals surface area contributed by atoms with Crippen molar-refractivity contribution in [3.63, 3.8) is 0 Å². The van der Waals surface area contributed by atoms with Gasteiger partial charge in [0.2, 0.25) is 5.91 Å². The zero-order valence-electron chi connectivity index (χ0n) is 17.2. The van der Waals surface area contributed by atoms with Crippen molar-refractivity contribution in [3.8, 4) is 11.5 Å². The molecule has 0 aliphatic rings. The van der Waals surface area contributed by atoms with E-state index in [9.17, 15) is 4.79 Å². The van der Waals surface area contributed by atoms with Crippen LogP contribution in [0.5, 0.6) is 11.5 Å². The lowest BCUT2D eigenvalue weighted by molar-refractivity contribution is -0.111. The van der Waals surface area contributed by atoms with E-state index in [1.807, 2.05) is 68.4 Å². The molecule has 5 heteroatoms. The summed E-state index contributed by atoms with van der Waals surface area (Å²) in [5.74, 6) is 1.25. The van der Waals surface area contributed by atoms with E-state index < -0.39 is 0 Å². The number of anilines is 2. The van der Waals surface area contributed by atoms with Gasteiger partial charge in [-0.1, -0.05) is 19.4 Å². The van der Waals surface area contributed by atoms with Crippen LogP contribution in [0.3, 0.4) is 0 Å². The van der Waals surface area contributed by atoms with Gasteiger partial charge in [0.25, 0.3) is 0 Å². The van der Waals surface area contributed by atoms with Crippen molar-refractivity contribution < 1.29 is 14.3 Å². The van der Waals surface area contributed by atoms with Crippen molar-refractivity contribution in [2.45, 2.75) is 26.7 Å². The van der Waals surface area contributed by atoms with E-state index in [0.717, 1.165) is 35.5 Å². The van der Waals surface area contributed by atoms with Crippen molar-refractivity contribution in [1.82, 2.24) is 0 Å². The molecule has 150 valence electrons. The molecular formula is C23H30N2O3. The molecule has 1 amide bonds. The minimum absolute atomic E-state index is 0.182. The Morgan fingerprint density at radius 3 is 2.43 bits per heavy atom. The number of benzene rings is 2. The number of carbonyl (C=O) groups is 1. The summed E-state index contributed by atoms with van der Waals surface area (Å²) in [6.45, 7) is 5.29. The molecule has 0 saturated heterocycles. The lowest BCUT2D eigenvalue weighted by atomic mass is 10.2. The topological polar surface area (TPSA) is 50.8 Å². The minimum atomic E-state index is -0.182. The Labute approximate surface area is 168 Å². The molecule has 0 aliphatic heterocycles. The maximum Gasteiger partial charge on any atom is 0.248 e. The third kappa shape index (κ3) is 6.65. The van der Waals surface area contributed by atoms with Crippen LogP contribution in [0.4, 0.5) is 11.4 Å². The summed E-state index contributed by atoms with van der Waals surface area (Å²) in [6, 6.07) is 13.4. The molecule has 2 aromatic rings. The molecule has 0 atom stereocenters. The van der Waals surface area contributed by atoms with Gasteiger partial charge in [-0.15, -0.1) is 0 Å². The highest BCUT2D eigenvalue weighted by Gasteiger charge is 2.06. The summed E-state index contributed by atoms with van der Waals surface area (Å²) in [6.07, 6.45) is 5.37. The maximum absolute atomic E-state index is 12.2. The number of hydrogen-bond acceptors (Lipinski definition) is 4. The number of ether oxygens (including phenoxy) is 2. The average molecular weight is 383 g/mol. The smallest absolute Gasteiger partial charge is 0.248 e. The fourth-order valence-corrected chi connectivity index (χ4v) is 2.54. The predicted molar refractivity (Wildman–Crippen MR) is 116 cm³/mol. The maximum atomic E-state index is 12.2. The summed E-state index contributed by atoms with van der Waals surface area (Å²) < 4.78 is 11.5. The van der Waals surface area contributed by atoms with Crippen LogP contribution in [0.25, 0.3) is 6.08 Å². The summed E-state index contributed by atoms with van der Waals surface area (Å²) in [4.78, 5) is 14.2. The van der Waals surface area contributed by atoms with E-state index in [1.54, 1.807) is 6.08 Å². The molecule has 0 fully saturated rings. The number of rotatable bonds is 10. The van der Waals surface area contributed by atoms with Gasteiger partial charge < -0.3 is 19.7 Å². The number of unbranched alkanes of at least 4 members (excludes halogenated alkanes) is 1. The summed E-state index contributed by atoms with van der Waals surface area (Å²) in [7, 11) is 3.96. The highest BCUT2D eigenvalue weighted by atomic mass is 16.5. The van der Waals surface area contributed by atoms with E-state index >= 15 is 0 Å². The van der Waals surface area contributed by atoms with Crippen LogP contribution in [0, 0.1) is 0 Å². The van der Waals surface area contributed by atoms with E-state index in [4.69, 9.17) is 9.47 Å². The fraction of sp³-hybridized carbons (Fsp3) is 0.348. The molecule has 2 aromatic carbocycles. The second-order valence-corrected chi connectivity index (χ2v) is 6.61. The summed E-state index contributed by atoms with van der Waals surface area (Å²) >= 11 is 0. The first kappa shape index (κ1) is 21.4. The zero-order chi connectivity index (χ0) is 20.4. The number of hydrogen-bond donors (Lipinski definition) is 1. The molecule has 28 heavy (non-hydrogen) atoms. The molecule has 0 heterocycles. The lowest BCUT2D eigenvalue weighted by Crippen LogP contribution is -2.10. The largest absolute Gasteiger partial charge is 0.490 e. The highest BCUT2D eigenvalue weighted by Crippen LogP contribution is 2.29. The molecule has 0 spiro atoms. The molecule has 0 bridgehead atoms. The van der Waals surface area contributed by atoms with Crippen LogP contribution in [0.1, 0.15) is 32.3 Å². The van der Waals surface area contributed by atoms with E-state index in [1.165, 1.54) is 6.08 Å². The third-order valence-corrected chi connectivity index (χ3v) is 4.10. The van der Waals surface area contributed by atoms with Crippen LogP contribution in [-0.2, 0) is 4.79 Å². The Bertz CT molecular complexity index is 783. The van der Waals surface area contributed by atoms with E-state index in [0.29, 0.717) is 19.0 Å². The van der Waals surface area contributed by atoms with Crippen molar-refractivity contribution in [2.24, 2.45) is 0 Å². The van der Waals surface area contributed by atoms with Gasteiger partial charge in [0, 0.05) is 31.5 Å². The van der Waals surface area contributed by atoms with Crippen molar-refractivity contribution in [2.75, 3.05) is 37.5 Å². The molecular weight excluding hydrogens is 352 g/mol. The monoisotopic (exact) mass is 382 g/mol. The van der Waals surface area contributed by atoms with E-state index in [2.05, 4.69) is 12.2 Å². The van der Waals surface area contributed by atoms with Gasteiger partial charge in [0.1, 0.15) is 0 Å². The molecule has 1 N–H and O–H groups in total. The van der Waals surface area contributed by atoms with Gasteiger partial charge in [-0.05, 0) is 61.4 Å². The van der Waals surface area contributed by atoms with Gasteiger partial charge in [0.15, 0.2) is 11.5 Å². The van der Waals surface area contributed by atoms with Gasteiger partial charge in [-0.25, -0.2) is 0 Å². The molecule has 0 saturated carbocycles. The van der Waals surface area contributed by atoms with Crippen molar-refractivity contribution in [1.29, 1.82) is 0 Å². The first-order chi connectivity index (χ1) is 13.5. The van der Waals surface area contributed by atoms with E-state index in [-0.39, 0.29) is 5.91 Å². The first-order valence-electron chi connectivity index (χ1n) is 9.69. The highest BCUT2D eigenvalue weighted by molar-refractivity contribution is 6.02. The Morgan fingerprint density at radius 1 is 1.04 bits per heavy atom. The Hall–Kier alpha value is -2.95. The normalized spacial score (nSPS) is 10.7. The Morgan fingerprint density at radius 2 is 1.79 bits per heavy atom. The first-order valence-corrected chi connectivity index (χ1v) is 9.69. The van der Waals surface area contributed by atoms with Crippen LogP contribution in [-0.4, -0.2) is 33.2 Å². The van der Waals surface area contributed by atoms with Gasteiger partial charge >= 0.3 is 0 Å². The summed E-state index contributed by atoms with van der Waals surface area (Å²) in [5, 5.41) is 2.86. The van der Waals surface area contributed by atoms with Crippen LogP contribution >= 0.6 is 0 Å². The molecule has 0 unspecified atom stereocenters. The average Bonchev–Trinajstić information content (AvgIpc) is 2.68. The van der Waals surface area contributed by atoms with Gasteiger partial charge in [-0.3, -0.25) is 4.79 Å². The zero-order valence-corrected chi connectivity index (χ0v) is 17.2. The molecule has 2 rings (SSSR count). The predicted octanol–water partition coefficient (Wildman–Crippen LogP) is 4.98. The SMILES string of the molecule is CCCCOc1ccc(/C=C/C(=O)Nc2ccc(N(C)C)cc2)cc1OCC. The number of amides is 1. The second kappa shape index (κ2) is 11.0. The fourth-order valence-electron chi connectivity index (χ4n) is 2.54. The van der Waals surface area contributed by atoms with Crippen LogP contribution < -0.4 is 19.7 Å².